The third kappa shape index (κ3) is 2.70. The van der Waals surface area contributed by atoms with Crippen LogP contribution in [0.3, 0.4) is 0 Å². The number of carbonyl (C=O) groups is 2. The standard InChI is InChI=1S/C21H27N3O2/c1-12-13(2)22-19-6-5-14(9-18(12)19)21(26)24(4)17-7-15-10-20(25)23(3)11-16(15)8-17/h5-6,9,15-17,22H,7-8,10-11H2,1-4H3/t15-,16+,17-/m1/s1. The maximum atomic E-state index is 13.1. The summed E-state index contributed by atoms with van der Waals surface area (Å²) in [7, 11) is 3.80. The van der Waals surface area contributed by atoms with E-state index in [1.54, 1.807) is 0 Å². The van der Waals surface area contributed by atoms with E-state index in [1.807, 2.05) is 42.1 Å². The first-order chi connectivity index (χ1) is 12.3. The van der Waals surface area contributed by atoms with Gasteiger partial charge in [0.1, 0.15) is 0 Å². The Morgan fingerprint density at radius 2 is 1.96 bits per heavy atom. The van der Waals surface area contributed by atoms with Crippen LogP contribution in [0.5, 0.6) is 0 Å². The third-order valence-corrected chi connectivity index (χ3v) is 6.61. The van der Waals surface area contributed by atoms with E-state index in [-0.39, 0.29) is 17.9 Å². The average Bonchev–Trinajstić information content (AvgIpc) is 3.15. The van der Waals surface area contributed by atoms with Gasteiger partial charge in [-0.2, -0.15) is 0 Å². The number of fused-ring (bicyclic) bond motifs is 2. The Kier molecular flexibility index (Phi) is 4.05. The molecule has 1 aromatic heterocycles. The van der Waals surface area contributed by atoms with Crippen molar-refractivity contribution in [2.24, 2.45) is 11.8 Å². The van der Waals surface area contributed by atoms with Crippen molar-refractivity contribution >= 4 is 22.7 Å². The van der Waals surface area contributed by atoms with Crippen molar-refractivity contribution in [1.29, 1.82) is 0 Å². The van der Waals surface area contributed by atoms with Crippen LogP contribution < -0.4 is 0 Å². The van der Waals surface area contributed by atoms with E-state index >= 15 is 0 Å². The molecule has 2 heterocycles. The summed E-state index contributed by atoms with van der Waals surface area (Å²) in [6.07, 6.45) is 2.57. The first-order valence-corrected chi connectivity index (χ1v) is 9.45. The van der Waals surface area contributed by atoms with Crippen LogP contribution >= 0.6 is 0 Å². The minimum Gasteiger partial charge on any atom is -0.358 e. The molecule has 1 aliphatic carbocycles. The molecular formula is C21H27N3O2. The van der Waals surface area contributed by atoms with Crippen LogP contribution in [0.1, 0.15) is 40.9 Å². The molecule has 0 spiro atoms. The van der Waals surface area contributed by atoms with Gasteiger partial charge in [0.2, 0.25) is 5.91 Å². The molecule has 5 heteroatoms. The fraction of sp³-hybridized carbons (Fsp3) is 0.524. The Morgan fingerprint density at radius 1 is 1.23 bits per heavy atom. The fourth-order valence-electron chi connectivity index (χ4n) is 4.77. The Morgan fingerprint density at radius 3 is 2.73 bits per heavy atom. The highest BCUT2D eigenvalue weighted by Gasteiger charge is 2.42. The number of piperidine rings is 1. The van der Waals surface area contributed by atoms with Crippen molar-refractivity contribution in [2.75, 3.05) is 20.6 Å². The number of aromatic amines is 1. The second-order valence-corrected chi connectivity index (χ2v) is 8.18. The van der Waals surface area contributed by atoms with Gasteiger partial charge in [-0.25, -0.2) is 0 Å². The predicted octanol–water partition coefficient (Wildman–Crippen LogP) is 3.11. The molecule has 2 aromatic rings. The maximum absolute atomic E-state index is 13.1. The van der Waals surface area contributed by atoms with Crippen LogP contribution in [0.15, 0.2) is 18.2 Å². The molecule has 138 valence electrons. The first-order valence-electron chi connectivity index (χ1n) is 9.45. The summed E-state index contributed by atoms with van der Waals surface area (Å²) < 4.78 is 0. The summed E-state index contributed by atoms with van der Waals surface area (Å²) in [6.45, 7) is 4.97. The monoisotopic (exact) mass is 353 g/mol. The normalized spacial score (nSPS) is 25.6. The zero-order chi connectivity index (χ0) is 18.6. The number of carbonyl (C=O) groups excluding carboxylic acids is 2. The SMILES string of the molecule is Cc1[nH]c2ccc(C(=O)N(C)[C@@H]3C[C@@H]4CC(=O)N(C)C[C@@H]4C3)cc2c1C. The minimum absolute atomic E-state index is 0.0773. The summed E-state index contributed by atoms with van der Waals surface area (Å²) in [4.78, 5) is 32.1. The van der Waals surface area contributed by atoms with Crippen LogP contribution in [0.2, 0.25) is 0 Å². The number of nitrogens with one attached hydrogen (secondary N) is 1. The van der Waals surface area contributed by atoms with Gasteiger partial charge < -0.3 is 14.8 Å². The Hall–Kier alpha value is -2.30. The van der Waals surface area contributed by atoms with Crippen molar-refractivity contribution < 1.29 is 9.59 Å². The van der Waals surface area contributed by atoms with E-state index in [4.69, 9.17) is 0 Å². The second kappa shape index (κ2) is 6.15. The Bertz CT molecular complexity index is 885. The van der Waals surface area contributed by atoms with Gasteiger partial charge in [-0.05, 0) is 62.3 Å². The maximum Gasteiger partial charge on any atom is 0.253 e. The van der Waals surface area contributed by atoms with E-state index in [2.05, 4.69) is 18.8 Å². The van der Waals surface area contributed by atoms with Crippen molar-refractivity contribution in [3.05, 3.63) is 35.0 Å². The summed E-state index contributed by atoms with van der Waals surface area (Å²) >= 11 is 0. The van der Waals surface area contributed by atoms with Gasteiger partial charge in [0.25, 0.3) is 5.91 Å². The van der Waals surface area contributed by atoms with Gasteiger partial charge in [-0.3, -0.25) is 9.59 Å². The molecule has 1 saturated carbocycles. The molecule has 26 heavy (non-hydrogen) atoms. The van der Waals surface area contributed by atoms with Gasteiger partial charge in [0.05, 0.1) is 0 Å². The van der Waals surface area contributed by atoms with E-state index in [0.717, 1.165) is 41.5 Å². The highest BCUT2D eigenvalue weighted by molar-refractivity contribution is 5.99. The number of likely N-dealkylation sites (tertiary alicyclic amines) is 1. The molecule has 5 nitrogen and oxygen atoms in total. The van der Waals surface area contributed by atoms with E-state index in [0.29, 0.717) is 18.3 Å². The zero-order valence-electron chi connectivity index (χ0n) is 16.0. The molecule has 1 N–H and O–H groups in total. The molecule has 2 aliphatic rings. The average molecular weight is 353 g/mol. The molecule has 2 amide bonds. The van der Waals surface area contributed by atoms with Crippen LogP contribution in [0, 0.1) is 25.7 Å². The van der Waals surface area contributed by atoms with Crippen molar-refractivity contribution in [3.8, 4) is 0 Å². The van der Waals surface area contributed by atoms with Gasteiger partial charge in [0.15, 0.2) is 0 Å². The molecule has 1 aliphatic heterocycles. The summed E-state index contributed by atoms with van der Waals surface area (Å²) in [5, 5.41) is 1.12. The summed E-state index contributed by atoms with van der Waals surface area (Å²) in [6, 6.07) is 6.14. The molecule has 0 unspecified atom stereocenters. The lowest BCUT2D eigenvalue weighted by Gasteiger charge is -2.31. The minimum atomic E-state index is 0.0773. The van der Waals surface area contributed by atoms with Crippen LogP contribution in [-0.4, -0.2) is 53.3 Å². The van der Waals surface area contributed by atoms with Crippen molar-refractivity contribution in [2.45, 2.75) is 39.2 Å². The smallest absolute Gasteiger partial charge is 0.253 e. The number of hydrogen-bond donors (Lipinski definition) is 1. The molecule has 0 radical (unpaired) electrons. The number of hydrogen-bond acceptors (Lipinski definition) is 2. The van der Waals surface area contributed by atoms with Crippen molar-refractivity contribution in [3.63, 3.8) is 0 Å². The molecule has 2 fully saturated rings. The number of nitrogens with zero attached hydrogens (tertiary/aromatic N) is 2. The van der Waals surface area contributed by atoms with E-state index in [9.17, 15) is 9.59 Å². The molecule has 0 bridgehead atoms. The zero-order valence-corrected chi connectivity index (χ0v) is 16.0. The number of benzene rings is 1. The van der Waals surface area contributed by atoms with E-state index < -0.39 is 0 Å². The number of rotatable bonds is 2. The number of aryl methyl sites for hydroxylation is 2. The van der Waals surface area contributed by atoms with Crippen molar-refractivity contribution in [1.82, 2.24) is 14.8 Å². The summed E-state index contributed by atoms with van der Waals surface area (Å²) in [5.74, 6) is 1.27. The molecule has 1 saturated heterocycles. The van der Waals surface area contributed by atoms with E-state index in [1.165, 1.54) is 5.56 Å². The lowest BCUT2D eigenvalue weighted by atomic mass is 9.88. The van der Waals surface area contributed by atoms with Crippen LogP contribution in [-0.2, 0) is 4.79 Å². The number of amides is 2. The largest absolute Gasteiger partial charge is 0.358 e. The van der Waals surface area contributed by atoms with Gasteiger partial charge >= 0.3 is 0 Å². The Balaban J connectivity index is 1.53. The first kappa shape index (κ1) is 17.1. The van der Waals surface area contributed by atoms with Crippen LogP contribution in [0.4, 0.5) is 0 Å². The lowest BCUT2D eigenvalue weighted by Crippen LogP contribution is -2.39. The second-order valence-electron chi connectivity index (χ2n) is 8.18. The topological polar surface area (TPSA) is 56.4 Å². The van der Waals surface area contributed by atoms with Gasteiger partial charge in [-0.15, -0.1) is 0 Å². The van der Waals surface area contributed by atoms with Gasteiger partial charge in [-0.1, -0.05) is 0 Å². The van der Waals surface area contributed by atoms with Gasteiger partial charge in [0, 0.05) is 55.3 Å². The predicted molar refractivity (Wildman–Crippen MR) is 102 cm³/mol. The lowest BCUT2D eigenvalue weighted by molar-refractivity contribution is -0.134. The molecular weight excluding hydrogens is 326 g/mol. The quantitative estimate of drug-likeness (QED) is 0.902. The van der Waals surface area contributed by atoms with Crippen LogP contribution in [0.25, 0.3) is 10.9 Å². The highest BCUT2D eigenvalue weighted by atomic mass is 16.2. The Labute approximate surface area is 154 Å². The fourth-order valence-corrected chi connectivity index (χ4v) is 4.77. The number of H-pyrrole nitrogens is 1. The third-order valence-electron chi connectivity index (χ3n) is 6.61. The molecule has 4 rings (SSSR count). The summed E-state index contributed by atoms with van der Waals surface area (Å²) in [5.41, 5.74) is 4.16. The molecule has 1 aromatic carbocycles. The molecule has 3 atom stereocenters. The highest BCUT2D eigenvalue weighted by Crippen LogP contribution is 2.40. The number of aromatic nitrogens is 1.